The molecule has 0 spiro atoms. The molecule has 2 aromatic rings. The maximum atomic E-state index is 13.1. The number of esters is 1. The Morgan fingerprint density at radius 2 is 2.29 bits per heavy atom. The van der Waals surface area contributed by atoms with Crippen LogP contribution in [0.4, 0.5) is 8.78 Å². The highest BCUT2D eigenvalue weighted by Crippen LogP contribution is 2.23. The number of nitrogens with zero attached hydrogens (tertiary/aromatic N) is 4. The van der Waals surface area contributed by atoms with Crippen LogP contribution in [0.25, 0.3) is 0 Å². The van der Waals surface area contributed by atoms with Crippen LogP contribution in [0.5, 0.6) is 0 Å². The number of rotatable bonds is 6. The molecule has 0 N–H and O–H groups in total. The number of halogens is 2. The molecule has 0 amide bonds. The first-order chi connectivity index (χ1) is 10.0. The molecule has 0 radical (unpaired) electrons. The number of thiazole rings is 1. The quantitative estimate of drug-likeness (QED) is 0.765. The van der Waals surface area contributed by atoms with Crippen molar-refractivity contribution in [3.05, 3.63) is 27.5 Å². The molecular weight excluding hydrogens is 302 g/mol. The predicted molar refractivity (Wildman–Crippen MR) is 71.5 cm³/mol. The molecule has 9 heteroatoms. The van der Waals surface area contributed by atoms with E-state index in [1.165, 1.54) is 11.3 Å². The van der Waals surface area contributed by atoms with Gasteiger partial charge in [0, 0.05) is 17.8 Å². The number of aryl methyl sites for hydroxylation is 3. The van der Waals surface area contributed by atoms with Gasteiger partial charge in [-0.3, -0.25) is 0 Å². The van der Waals surface area contributed by atoms with Gasteiger partial charge in [-0.15, -0.1) is 16.4 Å². The van der Waals surface area contributed by atoms with Crippen LogP contribution in [0.15, 0.2) is 5.51 Å². The number of aromatic nitrogens is 4. The largest absolute Gasteiger partial charge is 0.461 e. The van der Waals surface area contributed by atoms with E-state index < -0.39 is 23.8 Å². The lowest BCUT2D eigenvalue weighted by atomic mass is 10.3. The number of alkyl halides is 2. The van der Waals surface area contributed by atoms with E-state index in [0.29, 0.717) is 6.42 Å². The van der Waals surface area contributed by atoms with Crippen molar-refractivity contribution >= 4 is 17.3 Å². The van der Waals surface area contributed by atoms with E-state index in [4.69, 9.17) is 4.74 Å². The van der Waals surface area contributed by atoms with Crippen LogP contribution in [0.3, 0.4) is 0 Å². The van der Waals surface area contributed by atoms with Gasteiger partial charge in [0.25, 0.3) is 6.43 Å². The average molecular weight is 316 g/mol. The summed E-state index contributed by atoms with van der Waals surface area (Å²) in [6.07, 6.45) is -2.34. The zero-order valence-electron chi connectivity index (χ0n) is 11.5. The van der Waals surface area contributed by atoms with Crippen LogP contribution in [0.1, 0.15) is 40.1 Å². The van der Waals surface area contributed by atoms with Gasteiger partial charge in [-0.1, -0.05) is 5.21 Å². The molecule has 2 aromatic heterocycles. The summed E-state index contributed by atoms with van der Waals surface area (Å²) in [6.45, 7) is 3.74. The molecule has 0 saturated carbocycles. The summed E-state index contributed by atoms with van der Waals surface area (Å²) in [7, 11) is 0. The molecule has 6 nitrogen and oxygen atoms in total. The fourth-order valence-corrected chi connectivity index (χ4v) is 2.59. The van der Waals surface area contributed by atoms with Gasteiger partial charge in [0.1, 0.15) is 5.69 Å². The zero-order valence-corrected chi connectivity index (χ0v) is 12.4. The van der Waals surface area contributed by atoms with E-state index in [1.807, 2.05) is 6.92 Å². The summed E-state index contributed by atoms with van der Waals surface area (Å²) in [5.41, 5.74) is 1.64. The zero-order chi connectivity index (χ0) is 15.4. The van der Waals surface area contributed by atoms with Crippen LogP contribution < -0.4 is 0 Å². The molecule has 114 valence electrons. The standard InChI is InChI=1S/C12H14F2N4O2S/c1-3-20-12(19)9-10(11(13)14)18(17-16-9)5-4-8-7(2)15-6-21-8/h6,11H,3-5H2,1-2H3. The normalized spacial score (nSPS) is 11.1. The van der Waals surface area contributed by atoms with Gasteiger partial charge in [0.15, 0.2) is 5.69 Å². The Labute approximate surface area is 123 Å². The average Bonchev–Trinajstić information content (AvgIpc) is 3.02. The molecular formula is C12H14F2N4O2S. The smallest absolute Gasteiger partial charge is 0.361 e. The van der Waals surface area contributed by atoms with Crippen LogP contribution in [-0.4, -0.2) is 32.6 Å². The maximum Gasteiger partial charge on any atom is 0.361 e. The predicted octanol–water partition coefficient (Wildman–Crippen LogP) is 2.40. The number of hydrogen-bond acceptors (Lipinski definition) is 6. The van der Waals surface area contributed by atoms with E-state index in [9.17, 15) is 13.6 Å². The molecule has 21 heavy (non-hydrogen) atoms. The number of carbonyl (C=O) groups excluding carboxylic acids is 1. The van der Waals surface area contributed by atoms with E-state index >= 15 is 0 Å². The van der Waals surface area contributed by atoms with Gasteiger partial charge in [-0.25, -0.2) is 23.2 Å². The third kappa shape index (κ3) is 3.41. The van der Waals surface area contributed by atoms with Gasteiger partial charge >= 0.3 is 5.97 Å². The lowest BCUT2D eigenvalue weighted by Gasteiger charge is -2.06. The molecule has 0 atom stereocenters. The summed E-state index contributed by atoms with van der Waals surface area (Å²) >= 11 is 1.45. The summed E-state index contributed by atoms with van der Waals surface area (Å²) < 4.78 is 32.1. The first-order valence-corrected chi connectivity index (χ1v) is 7.20. The van der Waals surface area contributed by atoms with E-state index in [2.05, 4.69) is 15.3 Å². The van der Waals surface area contributed by atoms with Crippen LogP contribution >= 0.6 is 11.3 Å². The first-order valence-electron chi connectivity index (χ1n) is 6.32. The minimum atomic E-state index is -2.85. The van der Waals surface area contributed by atoms with E-state index in [0.717, 1.165) is 15.3 Å². The van der Waals surface area contributed by atoms with Gasteiger partial charge < -0.3 is 4.74 Å². The molecule has 0 bridgehead atoms. The van der Waals surface area contributed by atoms with Gasteiger partial charge in [0.2, 0.25) is 0 Å². The first kappa shape index (κ1) is 15.5. The summed E-state index contributed by atoms with van der Waals surface area (Å²) in [5.74, 6) is -0.881. The molecule has 0 aromatic carbocycles. The van der Waals surface area contributed by atoms with Gasteiger partial charge in [-0.2, -0.15) is 0 Å². The van der Waals surface area contributed by atoms with Crippen molar-refractivity contribution in [2.45, 2.75) is 33.2 Å². The summed E-state index contributed by atoms with van der Waals surface area (Å²) in [5, 5.41) is 7.16. The van der Waals surface area contributed by atoms with Crippen LogP contribution in [0.2, 0.25) is 0 Å². The highest BCUT2D eigenvalue weighted by Gasteiger charge is 2.27. The lowest BCUT2D eigenvalue weighted by molar-refractivity contribution is 0.0506. The van der Waals surface area contributed by atoms with E-state index in [1.54, 1.807) is 12.4 Å². The third-order valence-corrected chi connectivity index (χ3v) is 3.84. The second-order valence-electron chi connectivity index (χ2n) is 4.18. The minimum absolute atomic E-state index is 0.0917. The Kier molecular flexibility index (Phi) is 4.94. The Hall–Kier alpha value is -1.90. The fraction of sp³-hybridized carbons (Fsp3) is 0.500. The van der Waals surface area contributed by atoms with Crippen molar-refractivity contribution < 1.29 is 18.3 Å². The van der Waals surface area contributed by atoms with Crippen LogP contribution in [-0.2, 0) is 17.7 Å². The summed E-state index contributed by atoms with van der Waals surface area (Å²) in [6, 6.07) is 0. The molecule has 0 unspecified atom stereocenters. The molecule has 2 heterocycles. The SMILES string of the molecule is CCOC(=O)c1nnn(CCc2scnc2C)c1C(F)F. The van der Waals surface area contributed by atoms with Gasteiger partial charge in [-0.05, 0) is 13.8 Å². The van der Waals surface area contributed by atoms with Crippen molar-refractivity contribution in [3.63, 3.8) is 0 Å². The van der Waals surface area contributed by atoms with Crippen molar-refractivity contribution in [3.8, 4) is 0 Å². The van der Waals surface area contributed by atoms with Crippen LogP contribution in [0, 0.1) is 6.92 Å². The topological polar surface area (TPSA) is 69.9 Å². The minimum Gasteiger partial charge on any atom is -0.461 e. The number of ether oxygens (including phenoxy) is 1. The number of carbonyl (C=O) groups is 1. The Balaban J connectivity index is 2.19. The van der Waals surface area contributed by atoms with Crippen molar-refractivity contribution in [1.29, 1.82) is 0 Å². The van der Waals surface area contributed by atoms with Crippen molar-refractivity contribution in [2.75, 3.05) is 6.61 Å². The molecule has 2 rings (SSSR count). The summed E-state index contributed by atoms with van der Waals surface area (Å²) in [4.78, 5) is 16.7. The molecule has 0 aliphatic carbocycles. The third-order valence-electron chi connectivity index (χ3n) is 2.84. The van der Waals surface area contributed by atoms with Crippen molar-refractivity contribution in [1.82, 2.24) is 20.0 Å². The second kappa shape index (κ2) is 6.70. The molecule has 0 fully saturated rings. The van der Waals surface area contributed by atoms with Gasteiger partial charge in [0.05, 0.1) is 17.8 Å². The Morgan fingerprint density at radius 3 is 2.86 bits per heavy atom. The van der Waals surface area contributed by atoms with E-state index in [-0.39, 0.29) is 13.2 Å². The fourth-order valence-electron chi connectivity index (χ4n) is 1.82. The molecule has 0 aliphatic rings. The maximum absolute atomic E-state index is 13.1. The Bertz CT molecular complexity index is 627. The highest BCUT2D eigenvalue weighted by molar-refractivity contribution is 7.09. The Morgan fingerprint density at radius 1 is 1.52 bits per heavy atom. The second-order valence-corrected chi connectivity index (χ2v) is 5.12. The molecule has 0 aliphatic heterocycles. The monoisotopic (exact) mass is 316 g/mol. The lowest BCUT2D eigenvalue weighted by Crippen LogP contribution is -2.12. The highest BCUT2D eigenvalue weighted by atomic mass is 32.1. The number of hydrogen-bond donors (Lipinski definition) is 0. The van der Waals surface area contributed by atoms with Crippen molar-refractivity contribution in [2.24, 2.45) is 0 Å². The molecule has 0 saturated heterocycles.